The number of ether oxygens (including phenoxy) is 1. The van der Waals surface area contributed by atoms with E-state index in [9.17, 15) is 9.59 Å². The summed E-state index contributed by atoms with van der Waals surface area (Å²) in [4.78, 5) is 23.1. The molecule has 0 aliphatic heterocycles. The van der Waals surface area contributed by atoms with Crippen molar-refractivity contribution in [3.8, 4) is 0 Å². The van der Waals surface area contributed by atoms with E-state index in [0.29, 0.717) is 6.61 Å². The smallest absolute Gasteiger partial charge is 0.290 e. The number of ketones is 1. The zero-order chi connectivity index (χ0) is 13.5. The molecule has 1 rings (SSSR count). The number of benzene rings is 1. The number of nitrogens with one attached hydrogen (secondary N) is 1. The van der Waals surface area contributed by atoms with Crippen molar-refractivity contribution in [2.24, 2.45) is 0 Å². The van der Waals surface area contributed by atoms with Crippen molar-refractivity contribution in [3.05, 3.63) is 35.9 Å². The second-order valence-electron chi connectivity index (χ2n) is 4.43. The van der Waals surface area contributed by atoms with Gasteiger partial charge in [0.25, 0.3) is 5.91 Å². The summed E-state index contributed by atoms with van der Waals surface area (Å²) >= 11 is 0. The topological polar surface area (TPSA) is 55.4 Å². The summed E-state index contributed by atoms with van der Waals surface area (Å²) in [5.41, 5.74) is 0.974. The van der Waals surface area contributed by atoms with Crippen LogP contribution in [0.5, 0.6) is 0 Å². The van der Waals surface area contributed by atoms with Gasteiger partial charge in [-0.25, -0.2) is 0 Å². The Morgan fingerprint density at radius 2 is 1.78 bits per heavy atom. The molecule has 0 heterocycles. The molecule has 0 saturated heterocycles. The predicted molar refractivity (Wildman–Crippen MR) is 69.0 cm³/mol. The molecule has 0 spiro atoms. The SMILES string of the molecule is CC(C)NC(=O)C(=O)C(C)OCc1ccccc1. The number of carbonyl (C=O) groups is 2. The van der Waals surface area contributed by atoms with Gasteiger partial charge in [-0.2, -0.15) is 0 Å². The van der Waals surface area contributed by atoms with Gasteiger partial charge in [0.05, 0.1) is 6.61 Å². The molecule has 1 unspecified atom stereocenters. The summed E-state index contributed by atoms with van der Waals surface area (Å²) in [5.74, 6) is -1.13. The molecule has 1 N–H and O–H groups in total. The van der Waals surface area contributed by atoms with Gasteiger partial charge in [0.2, 0.25) is 5.78 Å². The Labute approximate surface area is 107 Å². The normalized spacial score (nSPS) is 12.2. The summed E-state index contributed by atoms with van der Waals surface area (Å²) < 4.78 is 5.38. The molecular weight excluding hydrogens is 230 g/mol. The molecular formula is C14H19NO3. The van der Waals surface area contributed by atoms with Gasteiger partial charge in [0, 0.05) is 6.04 Å². The lowest BCUT2D eigenvalue weighted by Gasteiger charge is -2.13. The van der Waals surface area contributed by atoms with Crippen LogP contribution in [0.3, 0.4) is 0 Å². The van der Waals surface area contributed by atoms with Crippen LogP contribution in [0.4, 0.5) is 0 Å². The van der Waals surface area contributed by atoms with E-state index in [0.717, 1.165) is 5.56 Å². The fourth-order valence-corrected chi connectivity index (χ4v) is 1.39. The molecule has 4 nitrogen and oxygen atoms in total. The summed E-state index contributed by atoms with van der Waals surface area (Å²) in [6.45, 7) is 5.52. The summed E-state index contributed by atoms with van der Waals surface area (Å²) in [6, 6.07) is 9.47. The maximum atomic E-state index is 11.7. The number of Topliss-reactive ketones (excluding diaryl/α,β-unsaturated/α-hetero) is 1. The maximum Gasteiger partial charge on any atom is 0.290 e. The van der Waals surface area contributed by atoms with E-state index in [2.05, 4.69) is 5.32 Å². The summed E-state index contributed by atoms with van der Waals surface area (Å²) in [5, 5.41) is 2.55. The van der Waals surface area contributed by atoms with Crippen LogP contribution >= 0.6 is 0 Å². The van der Waals surface area contributed by atoms with E-state index < -0.39 is 17.8 Å². The van der Waals surface area contributed by atoms with Crippen LogP contribution in [0.1, 0.15) is 26.3 Å². The fraction of sp³-hybridized carbons (Fsp3) is 0.429. The van der Waals surface area contributed by atoms with Gasteiger partial charge in [-0.3, -0.25) is 9.59 Å². The Morgan fingerprint density at radius 1 is 1.17 bits per heavy atom. The van der Waals surface area contributed by atoms with E-state index in [1.54, 1.807) is 20.8 Å². The molecule has 18 heavy (non-hydrogen) atoms. The molecule has 98 valence electrons. The highest BCUT2D eigenvalue weighted by Crippen LogP contribution is 2.04. The van der Waals surface area contributed by atoms with Crippen LogP contribution in [-0.2, 0) is 20.9 Å². The number of hydrogen-bond donors (Lipinski definition) is 1. The molecule has 0 aliphatic carbocycles. The lowest BCUT2D eigenvalue weighted by atomic mass is 10.2. The van der Waals surface area contributed by atoms with E-state index in [1.807, 2.05) is 30.3 Å². The van der Waals surface area contributed by atoms with Gasteiger partial charge in [0.1, 0.15) is 6.10 Å². The second-order valence-corrected chi connectivity index (χ2v) is 4.43. The quantitative estimate of drug-likeness (QED) is 0.780. The van der Waals surface area contributed by atoms with Crippen LogP contribution in [0, 0.1) is 0 Å². The molecule has 0 aliphatic rings. The number of carbonyl (C=O) groups excluding carboxylic acids is 2. The summed E-state index contributed by atoms with van der Waals surface area (Å²) in [7, 11) is 0. The zero-order valence-electron chi connectivity index (χ0n) is 11.0. The molecule has 0 aromatic heterocycles. The second kappa shape index (κ2) is 6.91. The van der Waals surface area contributed by atoms with Crippen molar-refractivity contribution in [2.75, 3.05) is 0 Å². The lowest BCUT2D eigenvalue weighted by molar-refractivity contribution is -0.145. The first-order valence-electron chi connectivity index (χ1n) is 6.01. The average Bonchev–Trinajstić information content (AvgIpc) is 2.35. The van der Waals surface area contributed by atoms with E-state index >= 15 is 0 Å². The van der Waals surface area contributed by atoms with Gasteiger partial charge < -0.3 is 10.1 Å². The molecule has 4 heteroatoms. The van der Waals surface area contributed by atoms with Gasteiger partial charge >= 0.3 is 0 Å². The van der Waals surface area contributed by atoms with Crippen LogP contribution in [0.15, 0.2) is 30.3 Å². The third kappa shape index (κ3) is 4.67. The molecule has 1 aromatic carbocycles. The van der Waals surface area contributed by atoms with Crippen LogP contribution in [0.25, 0.3) is 0 Å². The molecule has 1 atom stereocenters. The highest BCUT2D eigenvalue weighted by Gasteiger charge is 2.22. The fourth-order valence-electron chi connectivity index (χ4n) is 1.39. The Morgan fingerprint density at radius 3 is 2.33 bits per heavy atom. The van der Waals surface area contributed by atoms with Crippen LogP contribution in [-0.4, -0.2) is 23.8 Å². The minimum Gasteiger partial charge on any atom is -0.365 e. The third-order valence-electron chi connectivity index (χ3n) is 2.36. The van der Waals surface area contributed by atoms with Crippen molar-refractivity contribution in [1.29, 1.82) is 0 Å². The Kier molecular flexibility index (Phi) is 5.52. The largest absolute Gasteiger partial charge is 0.365 e. The Bertz CT molecular complexity index is 401. The van der Waals surface area contributed by atoms with E-state index in [1.165, 1.54) is 0 Å². The standard InChI is InChI=1S/C14H19NO3/c1-10(2)15-14(17)13(16)11(3)18-9-12-7-5-4-6-8-12/h4-8,10-11H,9H2,1-3H3,(H,15,17). The van der Waals surface area contributed by atoms with Crippen LogP contribution < -0.4 is 5.32 Å². The number of amides is 1. The van der Waals surface area contributed by atoms with Gasteiger partial charge in [0.15, 0.2) is 0 Å². The summed E-state index contributed by atoms with van der Waals surface area (Å²) in [6.07, 6.45) is -0.732. The minimum atomic E-state index is -0.732. The van der Waals surface area contributed by atoms with Crippen molar-refractivity contribution >= 4 is 11.7 Å². The zero-order valence-corrected chi connectivity index (χ0v) is 11.0. The first-order valence-corrected chi connectivity index (χ1v) is 6.01. The molecule has 0 saturated carbocycles. The van der Waals surface area contributed by atoms with E-state index in [-0.39, 0.29) is 6.04 Å². The first kappa shape index (κ1) is 14.4. The van der Waals surface area contributed by atoms with Crippen molar-refractivity contribution in [2.45, 2.75) is 39.5 Å². The van der Waals surface area contributed by atoms with Crippen molar-refractivity contribution in [1.82, 2.24) is 5.32 Å². The van der Waals surface area contributed by atoms with Crippen LogP contribution in [0.2, 0.25) is 0 Å². The Balaban J connectivity index is 2.43. The predicted octanol–water partition coefficient (Wildman–Crippen LogP) is 1.69. The Hall–Kier alpha value is -1.68. The monoisotopic (exact) mass is 249 g/mol. The third-order valence-corrected chi connectivity index (χ3v) is 2.36. The first-order chi connectivity index (χ1) is 8.50. The average molecular weight is 249 g/mol. The lowest BCUT2D eigenvalue weighted by Crippen LogP contribution is -2.41. The molecule has 0 radical (unpaired) electrons. The molecule has 1 aromatic rings. The maximum absolute atomic E-state index is 11.7. The highest BCUT2D eigenvalue weighted by molar-refractivity contribution is 6.37. The van der Waals surface area contributed by atoms with Crippen molar-refractivity contribution in [3.63, 3.8) is 0 Å². The van der Waals surface area contributed by atoms with Gasteiger partial charge in [-0.15, -0.1) is 0 Å². The highest BCUT2D eigenvalue weighted by atomic mass is 16.5. The van der Waals surface area contributed by atoms with E-state index in [4.69, 9.17) is 4.74 Å². The minimum absolute atomic E-state index is 0.0530. The molecule has 0 fully saturated rings. The van der Waals surface area contributed by atoms with Gasteiger partial charge in [-0.1, -0.05) is 30.3 Å². The number of hydrogen-bond acceptors (Lipinski definition) is 3. The number of rotatable bonds is 6. The van der Waals surface area contributed by atoms with Gasteiger partial charge in [-0.05, 0) is 26.3 Å². The molecule has 0 bridgehead atoms. The van der Waals surface area contributed by atoms with Crippen molar-refractivity contribution < 1.29 is 14.3 Å². The molecule has 1 amide bonds.